The molecule has 0 saturated carbocycles. The lowest BCUT2D eigenvalue weighted by Gasteiger charge is -2.17. The summed E-state index contributed by atoms with van der Waals surface area (Å²) in [6.07, 6.45) is 0.498. The van der Waals surface area contributed by atoms with E-state index in [4.69, 9.17) is 24.7 Å². The molecule has 0 aromatic carbocycles. The Balaban J connectivity index is 3.63. The molecule has 0 aliphatic rings. The SMILES string of the molecule is CCC(=O)NC(CCC(N)=O)C(=O)NCCOCCOCCOCCOCCC(=O)NC(CS)C(C)=O. The van der Waals surface area contributed by atoms with Gasteiger partial charge in [0, 0.05) is 31.6 Å². The van der Waals surface area contributed by atoms with Crippen LogP contribution in [-0.4, -0.2) is 107 Å². The summed E-state index contributed by atoms with van der Waals surface area (Å²) in [7, 11) is 0. The number of carbonyl (C=O) groups excluding carboxylic acids is 5. The predicted molar refractivity (Wildman–Crippen MR) is 138 cm³/mol. The quantitative estimate of drug-likeness (QED) is 0.0721. The van der Waals surface area contributed by atoms with Crippen molar-refractivity contribution in [1.29, 1.82) is 0 Å². The van der Waals surface area contributed by atoms with Gasteiger partial charge < -0.3 is 40.6 Å². The Labute approximate surface area is 223 Å². The van der Waals surface area contributed by atoms with E-state index in [1.54, 1.807) is 6.92 Å². The number of hydrogen-bond acceptors (Lipinski definition) is 10. The molecule has 0 saturated heterocycles. The van der Waals surface area contributed by atoms with Gasteiger partial charge in [-0.15, -0.1) is 0 Å². The molecular formula is C23H42N4O9S. The molecule has 0 heterocycles. The molecule has 0 fully saturated rings. The van der Waals surface area contributed by atoms with Gasteiger partial charge in [0.1, 0.15) is 6.04 Å². The fourth-order valence-electron chi connectivity index (χ4n) is 2.69. The third-order valence-corrected chi connectivity index (χ3v) is 5.16. The first kappa shape index (κ1) is 34.7. The first-order valence-corrected chi connectivity index (χ1v) is 12.9. The molecule has 37 heavy (non-hydrogen) atoms. The Bertz CT molecular complexity index is 697. The summed E-state index contributed by atoms with van der Waals surface area (Å²) in [4.78, 5) is 57.7. The van der Waals surface area contributed by atoms with Crippen LogP contribution < -0.4 is 21.7 Å². The van der Waals surface area contributed by atoms with E-state index in [2.05, 4.69) is 28.6 Å². The third kappa shape index (κ3) is 20.5. The number of amides is 4. The lowest BCUT2D eigenvalue weighted by molar-refractivity contribution is -0.129. The van der Waals surface area contributed by atoms with Gasteiger partial charge in [0.15, 0.2) is 5.78 Å². The fourth-order valence-corrected chi connectivity index (χ4v) is 3.04. The van der Waals surface area contributed by atoms with E-state index in [-0.39, 0.29) is 68.8 Å². The van der Waals surface area contributed by atoms with E-state index in [1.165, 1.54) is 6.92 Å². The molecule has 214 valence electrons. The van der Waals surface area contributed by atoms with Gasteiger partial charge in [-0.2, -0.15) is 12.6 Å². The number of primary amides is 1. The zero-order chi connectivity index (χ0) is 27.9. The molecule has 0 aromatic rings. The van der Waals surface area contributed by atoms with Crippen LogP contribution in [0.2, 0.25) is 0 Å². The number of ether oxygens (including phenoxy) is 4. The Morgan fingerprint density at radius 2 is 1.27 bits per heavy atom. The van der Waals surface area contributed by atoms with Gasteiger partial charge in [-0.3, -0.25) is 24.0 Å². The van der Waals surface area contributed by atoms with Gasteiger partial charge in [-0.25, -0.2) is 0 Å². The molecule has 2 atom stereocenters. The van der Waals surface area contributed by atoms with Crippen molar-refractivity contribution >= 4 is 42.0 Å². The second-order valence-corrected chi connectivity index (χ2v) is 8.25. The summed E-state index contributed by atoms with van der Waals surface area (Å²) < 4.78 is 21.4. The summed E-state index contributed by atoms with van der Waals surface area (Å²) >= 11 is 4.03. The van der Waals surface area contributed by atoms with E-state index in [0.29, 0.717) is 39.6 Å². The Morgan fingerprint density at radius 1 is 0.757 bits per heavy atom. The summed E-state index contributed by atoms with van der Waals surface area (Å²) in [6.45, 7) is 5.90. The smallest absolute Gasteiger partial charge is 0.242 e. The van der Waals surface area contributed by atoms with Crippen molar-refractivity contribution in [3.8, 4) is 0 Å². The summed E-state index contributed by atoms with van der Waals surface area (Å²) in [6, 6.07) is -1.40. The topological polar surface area (TPSA) is 184 Å². The van der Waals surface area contributed by atoms with Crippen LogP contribution in [0.5, 0.6) is 0 Å². The second-order valence-electron chi connectivity index (χ2n) is 7.88. The number of Topliss-reactive ketones (excluding diaryl/α,β-unsaturated/α-hetero) is 1. The monoisotopic (exact) mass is 550 g/mol. The molecule has 0 aliphatic heterocycles. The molecule has 2 unspecified atom stereocenters. The molecule has 0 rings (SSSR count). The summed E-state index contributed by atoms with van der Waals surface area (Å²) in [5.74, 6) is -1.38. The van der Waals surface area contributed by atoms with Gasteiger partial charge in [-0.05, 0) is 13.3 Å². The van der Waals surface area contributed by atoms with Gasteiger partial charge in [0.2, 0.25) is 23.6 Å². The van der Waals surface area contributed by atoms with E-state index >= 15 is 0 Å². The summed E-state index contributed by atoms with van der Waals surface area (Å²) in [5, 5.41) is 7.81. The average Bonchev–Trinajstić information content (AvgIpc) is 2.86. The molecule has 0 aliphatic carbocycles. The van der Waals surface area contributed by atoms with E-state index in [9.17, 15) is 24.0 Å². The van der Waals surface area contributed by atoms with E-state index in [0.717, 1.165) is 0 Å². The fraction of sp³-hybridized carbons (Fsp3) is 0.783. The maximum atomic E-state index is 12.2. The minimum absolute atomic E-state index is 0.00804. The number of rotatable bonds is 24. The molecular weight excluding hydrogens is 508 g/mol. The number of nitrogens with one attached hydrogen (secondary N) is 3. The van der Waals surface area contributed by atoms with Crippen molar-refractivity contribution < 1.29 is 42.9 Å². The molecule has 0 spiro atoms. The van der Waals surface area contributed by atoms with Crippen molar-refractivity contribution in [2.45, 2.75) is 51.6 Å². The van der Waals surface area contributed by atoms with Crippen molar-refractivity contribution in [2.75, 3.05) is 65.2 Å². The highest BCUT2D eigenvalue weighted by atomic mass is 32.1. The predicted octanol–water partition coefficient (Wildman–Crippen LogP) is -1.28. The Kier molecular flexibility index (Phi) is 21.5. The molecule has 4 amide bonds. The number of ketones is 1. The molecule has 5 N–H and O–H groups in total. The summed E-state index contributed by atoms with van der Waals surface area (Å²) in [5.41, 5.74) is 5.12. The molecule has 13 nitrogen and oxygen atoms in total. The minimum atomic E-state index is -0.822. The van der Waals surface area contributed by atoms with Crippen LogP contribution in [0, 0.1) is 0 Å². The highest BCUT2D eigenvalue weighted by Gasteiger charge is 2.20. The number of hydrogen-bond donors (Lipinski definition) is 5. The highest BCUT2D eigenvalue weighted by molar-refractivity contribution is 7.80. The van der Waals surface area contributed by atoms with Crippen LogP contribution >= 0.6 is 12.6 Å². The minimum Gasteiger partial charge on any atom is -0.379 e. The normalized spacial score (nSPS) is 12.4. The van der Waals surface area contributed by atoms with Crippen LogP contribution in [0.1, 0.15) is 39.5 Å². The second kappa shape index (κ2) is 22.9. The van der Waals surface area contributed by atoms with Gasteiger partial charge in [0.05, 0.1) is 58.9 Å². The van der Waals surface area contributed by atoms with E-state index < -0.39 is 23.9 Å². The number of nitrogens with two attached hydrogens (primary N) is 1. The van der Waals surface area contributed by atoms with Crippen LogP contribution in [0.4, 0.5) is 0 Å². The van der Waals surface area contributed by atoms with Crippen LogP contribution in [0.15, 0.2) is 0 Å². The first-order chi connectivity index (χ1) is 17.7. The van der Waals surface area contributed by atoms with Crippen molar-refractivity contribution in [2.24, 2.45) is 5.73 Å². The van der Waals surface area contributed by atoms with Crippen molar-refractivity contribution in [1.82, 2.24) is 16.0 Å². The largest absolute Gasteiger partial charge is 0.379 e. The average molecular weight is 551 g/mol. The maximum Gasteiger partial charge on any atom is 0.242 e. The van der Waals surface area contributed by atoms with Crippen LogP contribution in [0.25, 0.3) is 0 Å². The van der Waals surface area contributed by atoms with Gasteiger partial charge in [0.25, 0.3) is 0 Å². The Hall–Kier alpha value is -2.26. The van der Waals surface area contributed by atoms with Crippen LogP contribution in [0.3, 0.4) is 0 Å². The third-order valence-electron chi connectivity index (χ3n) is 4.80. The number of thiol groups is 1. The van der Waals surface area contributed by atoms with Crippen molar-refractivity contribution in [3.63, 3.8) is 0 Å². The van der Waals surface area contributed by atoms with Gasteiger partial charge >= 0.3 is 0 Å². The Morgan fingerprint density at radius 3 is 1.76 bits per heavy atom. The molecule has 0 bridgehead atoms. The van der Waals surface area contributed by atoms with Gasteiger partial charge in [-0.1, -0.05) is 6.92 Å². The van der Waals surface area contributed by atoms with Crippen molar-refractivity contribution in [3.05, 3.63) is 0 Å². The zero-order valence-electron chi connectivity index (χ0n) is 21.8. The first-order valence-electron chi connectivity index (χ1n) is 12.3. The number of carbonyl (C=O) groups is 5. The van der Waals surface area contributed by atoms with E-state index in [1.807, 2.05) is 0 Å². The molecule has 0 aromatic heterocycles. The standard InChI is InChI=1S/C23H42N4O9S/c1-3-21(30)26-18(4-5-20(24)29)23(32)25-7-9-34-11-13-36-15-14-35-12-10-33-8-6-22(31)27-19(16-37)17(2)28/h18-19,37H,3-16H2,1-2H3,(H2,24,29)(H,25,32)(H,26,30)(H,27,31). The highest BCUT2D eigenvalue weighted by Crippen LogP contribution is 1.98. The lowest BCUT2D eigenvalue weighted by Crippen LogP contribution is -2.47. The zero-order valence-corrected chi connectivity index (χ0v) is 22.6. The van der Waals surface area contributed by atoms with Crippen LogP contribution in [-0.2, 0) is 42.9 Å². The molecule has 14 heteroatoms. The lowest BCUT2D eigenvalue weighted by atomic mass is 10.1. The molecule has 0 radical (unpaired) electrons. The maximum absolute atomic E-state index is 12.2.